The maximum atomic E-state index is 12.9. The molecule has 0 aromatic heterocycles. The molecule has 4 aliphatic rings. The number of hydrogen-bond donors (Lipinski definition) is 1. The largest absolute Gasteiger partial charge is 0.483 e. The summed E-state index contributed by atoms with van der Waals surface area (Å²) >= 11 is 6.49. The van der Waals surface area contributed by atoms with E-state index in [9.17, 15) is 13.2 Å². The molecule has 1 aromatic rings. The standard InChI is InChI=1S/C20H27ClN2O5S/c1-29(25,26)22-16-9-10-23-17(16)11-27-14-7-5-13(6-8-14)20-15(21)3-2-4-18(20)28-12-19(23)24/h2-4,13-14,16-17,22H,5-12H2,1H3/t13?,14?,16-,17-/m0/s1. The van der Waals surface area contributed by atoms with Crippen LogP contribution in [0, 0.1) is 0 Å². The Bertz CT molecular complexity index is 870. The summed E-state index contributed by atoms with van der Waals surface area (Å²) in [5, 5.41) is 0.672. The molecule has 1 aliphatic carbocycles. The van der Waals surface area contributed by atoms with Crippen molar-refractivity contribution in [3.63, 3.8) is 0 Å². The fraction of sp³-hybridized carbons (Fsp3) is 0.650. The van der Waals surface area contributed by atoms with Crippen molar-refractivity contribution in [3.05, 3.63) is 28.8 Å². The average Bonchev–Trinajstić information content (AvgIpc) is 3.05. The van der Waals surface area contributed by atoms with Gasteiger partial charge in [0.1, 0.15) is 5.75 Å². The monoisotopic (exact) mass is 442 g/mol. The summed E-state index contributed by atoms with van der Waals surface area (Å²) in [5.74, 6) is 0.777. The van der Waals surface area contributed by atoms with E-state index in [0.29, 0.717) is 30.3 Å². The topological polar surface area (TPSA) is 84.9 Å². The predicted octanol–water partition coefficient (Wildman–Crippen LogP) is 2.29. The lowest BCUT2D eigenvalue weighted by atomic mass is 9.82. The van der Waals surface area contributed by atoms with Crippen LogP contribution in [0.3, 0.4) is 0 Å². The Kier molecular flexibility index (Phi) is 6.06. The molecule has 160 valence electrons. The van der Waals surface area contributed by atoms with Gasteiger partial charge in [-0.3, -0.25) is 4.79 Å². The van der Waals surface area contributed by atoms with Crippen molar-refractivity contribution in [2.75, 3.05) is 26.0 Å². The summed E-state index contributed by atoms with van der Waals surface area (Å²) in [4.78, 5) is 14.6. The molecular weight excluding hydrogens is 416 g/mol. The van der Waals surface area contributed by atoms with Gasteiger partial charge in [-0.2, -0.15) is 0 Å². The molecule has 1 aromatic carbocycles. The van der Waals surface area contributed by atoms with Gasteiger partial charge in [0, 0.05) is 23.2 Å². The third-order valence-electron chi connectivity index (χ3n) is 6.18. The molecule has 5 rings (SSSR count). The number of nitrogens with one attached hydrogen (secondary N) is 1. The number of ether oxygens (including phenoxy) is 2. The third kappa shape index (κ3) is 4.71. The molecule has 1 saturated carbocycles. The summed E-state index contributed by atoms with van der Waals surface area (Å²) in [5.41, 5.74) is 0.981. The highest BCUT2D eigenvalue weighted by Crippen LogP contribution is 2.42. The molecule has 0 unspecified atom stereocenters. The molecule has 2 bridgehead atoms. The SMILES string of the molecule is CS(=O)(=O)N[C@H]1CCN2C(=O)COc3cccc(Cl)c3C3CCC(CC3)OC[C@@H]12. The first-order chi connectivity index (χ1) is 13.8. The van der Waals surface area contributed by atoms with Crippen molar-refractivity contribution in [1.29, 1.82) is 0 Å². The highest BCUT2D eigenvalue weighted by atomic mass is 35.5. The highest BCUT2D eigenvalue weighted by Gasteiger charge is 2.40. The van der Waals surface area contributed by atoms with E-state index in [2.05, 4.69) is 4.72 Å². The van der Waals surface area contributed by atoms with E-state index in [4.69, 9.17) is 21.1 Å². The van der Waals surface area contributed by atoms with Gasteiger partial charge in [0.25, 0.3) is 5.91 Å². The van der Waals surface area contributed by atoms with Crippen LogP contribution in [0.15, 0.2) is 18.2 Å². The molecule has 1 N–H and O–H groups in total. The molecule has 9 heteroatoms. The molecule has 0 radical (unpaired) electrons. The second-order valence-corrected chi connectivity index (χ2v) is 10.4. The number of fused-ring (bicyclic) bond motifs is 5. The lowest BCUT2D eigenvalue weighted by Crippen LogP contribution is -2.50. The minimum absolute atomic E-state index is 0.106. The second kappa shape index (κ2) is 8.41. The molecule has 2 atom stereocenters. The number of rotatable bonds is 2. The van der Waals surface area contributed by atoms with Gasteiger partial charge in [0.2, 0.25) is 10.0 Å². The van der Waals surface area contributed by atoms with E-state index in [1.165, 1.54) is 0 Å². The molecule has 3 heterocycles. The van der Waals surface area contributed by atoms with E-state index in [1.54, 1.807) is 4.90 Å². The molecule has 7 nitrogen and oxygen atoms in total. The fourth-order valence-electron chi connectivity index (χ4n) is 4.80. The van der Waals surface area contributed by atoms with Crippen molar-refractivity contribution in [2.45, 2.75) is 56.2 Å². The van der Waals surface area contributed by atoms with Crippen LogP contribution in [0.5, 0.6) is 5.75 Å². The second-order valence-electron chi connectivity index (χ2n) is 8.19. The van der Waals surface area contributed by atoms with Crippen molar-refractivity contribution in [1.82, 2.24) is 9.62 Å². The van der Waals surface area contributed by atoms with Crippen molar-refractivity contribution >= 4 is 27.5 Å². The Morgan fingerprint density at radius 3 is 2.66 bits per heavy atom. The Hall–Kier alpha value is -1.35. The first-order valence-corrected chi connectivity index (χ1v) is 12.4. The molecular formula is C20H27ClN2O5S. The zero-order chi connectivity index (χ0) is 20.6. The summed E-state index contributed by atoms with van der Waals surface area (Å²) in [6, 6.07) is 4.88. The maximum Gasteiger partial charge on any atom is 0.260 e. The van der Waals surface area contributed by atoms with Crippen LogP contribution in [0.2, 0.25) is 5.02 Å². The van der Waals surface area contributed by atoms with Crippen LogP contribution in [0.4, 0.5) is 0 Å². The van der Waals surface area contributed by atoms with Crippen molar-refractivity contribution < 1.29 is 22.7 Å². The van der Waals surface area contributed by atoms with Crippen LogP contribution in [0.1, 0.15) is 43.6 Å². The molecule has 29 heavy (non-hydrogen) atoms. The van der Waals surface area contributed by atoms with E-state index < -0.39 is 10.0 Å². The van der Waals surface area contributed by atoms with Crippen LogP contribution < -0.4 is 9.46 Å². The summed E-state index contributed by atoms with van der Waals surface area (Å²) in [7, 11) is -3.38. The Morgan fingerprint density at radius 1 is 1.17 bits per heavy atom. The Labute approximate surface area is 176 Å². The number of carbonyl (C=O) groups excluding carboxylic acids is 1. The summed E-state index contributed by atoms with van der Waals surface area (Å²) in [6.07, 6.45) is 5.50. The van der Waals surface area contributed by atoms with E-state index in [1.807, 2.05) is 18.2 Å². The zero-order valence-corrected chi connectivity index (χ0v) is 18.0. The number of halogens is 1. The van der Waals surface area contributed by atoms with Crippen molar-refractivity contribution in [3.8, 4) is 5.75 Å². The maximum absolute atomic E-state index is 12.9. The molecule has 1 saturated heterocycles. The van der Waals surface area contributed by atoms with Crippen LogP contribution in [-0.2, 0) is 19.6 Å². The minimum atomic E-state index is -3.38. The van der Waals surface area contributed by atoms with Gasteiger partial charge in [-0.15, -0.1) is 0 Å². The summed E-state index contributed by atoms with van der Waals surface area (Å²) < 4.78 is 38.3. The quantitative estimate of drug-likeness (QED) is 0.759. The van der Waals surface area contributed by atoms with Crippen LogP contribution >= 0.6 is 11.6 Å². The summed E-state index contributed by atoms with van der Waals surface area (Å²) in [6.45, 7) is 0.687. The smallest absolute Gasteiger partial charge is 0.260 e. The van der Waals surface area contributed by atoms with E-state index >= 15 is 0 Å². The highest BCUT2D eigenvalue weighted by molar-refractivity contribution is 7.88. The minimum Gasteiger partial charge on any atom is -0.483 e. The third-order valence-corrected chi connectivity index (χ3v) is 7.24. The molecule has 1 amide bonds. The van der Waals surface area contributed by atoms with E-state index in [-0.39, 0.29) is 36.6 Å². The van der Waals surface area contributed by atoms with Gasteiger partial charge < -0.3 is 14.4 Å². The number of benzene rings is 1. The van der Waals surface area contributed by atoms with Gasteiger partial charge in [-0.1, -0.05) is 17.7 Å². The zero-order valence-electron chi connectivity index (χ0n) is 16.5. The molecule has 0 spiro atoms. The van der Waals surface area contributed by atoms with Crippen LogP contribution in [-0.4, -0.2) is 63.4 Å². The predicted molar refractivity (Wildman–Crippen MR) is 110 cm³/mol. The number of sulfonamides is 1. The average molecular weight is 443 g/mol. The number of hydrogen-bond acceptors (Lipinski definition) is 5. The number of nitrogens with zero attached hydrogens (tertiary/aromatic N) is 1. The number of carbonyl (C=O) groups is 1. The van der Waals surface area contributed by atoms with Gasteiger partial charge in [-0.25, -0.2) is 13.1 Å². The Balaban J connectivity index is 1.61. The van der Waals surface area contributed by atoms with Gasteiger partial charge >= 0.3 is 0 Å². The van der Waals surface area contributed by atoms with Gasteiger partial charge in [0.05, 0.1) is 25.0 Å². The van der Waals surface area contributed by atoms with Gasteiger partial charge in [0.15, 0.2) is 6.61 Å². The Morgan fingerprint density at radius 2 is 1.93 bits per heavy atom. The fourth-order valence-corrected chi connectivity index (χ4v) is 5.94. The van der Waals surface area contributed by atoms with Crippen LogP contribution in [0.25, 0.3) is 0 Å². The molecule has 3 aliphatic heterocycles. The first-order valence-electron chi connectivity index (χ1n) is 10.1. The van der Waals surface area contributed by atoms with Crippen molar-refractivity contribution in [2.24, 2.45) is 0 Å². The lowest BCUT2D eigenvalue weighted by Gasteiger charge is -2.32. The van der Waals surface area contributed by atoms with Gasteiger partial charge in [-0.05, 0) is 50.2 Å². The normalized spacial score (nSPS) is 30.6. The first kappa shape index (κ1) is 20.9. The lowest BCUT2D eigenvalue weighted by molar-refractivity contribution is -0.136. The number of amides is 1. The van der Waals surface area contributed by atoms with E-state index in [0.717, 1.165) is 37.5 Å². The molecule has 2 fully saturated rings.